The van der Waals surface area contributed by atoms with Crippen LogP contribution in [0.5, 0.6) is 0 Å². The first-order valence-electron chi connectivity index (χ1n) is 7.18. The molecule has 0 atom stereocenters. The van der Waals surface area contributed by atoms with Gasteiger partial charge in [-0.25, -0.2) is 8.42 Å². The van der Waals surface area contributed by atoms with E-state index >= 15 is 0 Å². The minimum atomic E-state index is -3.57. The van der Waals surface area contributed by atoms with Crippen molar-refractivity contribution in [1.29, 1.82) is 0 Å². The molecule has 2 aromatic rings. The van der Waals surface area contributed by atoms with Crippen LogP contribution in [0.4, 0.5) is 0 Å². The Balaban J connectivity index is 1.89. The van der Waals surface area contributed by atoms with Crippen molar-refractivity contribution in [2.75, 3.05) is 5.75 Å². The Morgan fingerprint density at radius 3 is 2.39 bits per heavy atom. The number of carbonyl (C=O) groups excluding carboxylic acids is 1. The third kappa shape index (κ3) is 5.08. The van der Waals surface area contributed by atoms with Crippen molar-refractivity contribution in [2.45, 2.75) is 24.8 Å². The summed E-state index contributed by atoms with van der Waals surface area (Å²) in [6.45, 7) is 2.37. The van der Waals surface area contributed by atoms with Gasteiger partial charge in [-0.05, 0) is 24.6 Å². The molecule has 1 N–H and O–H groups in total. The van der Waals surface area contributed by atoms with Gasteiger partial charge in [-0.3, -0.25) is 4.79 Å². The van der Waals surface area contributed by atoms with Gasteiger partial charge in [-0.1, -0.05) is 53.6 Å². The lowest BCUT2D eigenvalue weighted by Crippen LogP contribution is -2.25. The van der Waals surface area contributed by atoms with E-state index in [1.165, 1.54) is 12.1 Å². The number of aryl methyl sites for hydroxylation is 1. The van der Waals surface area contributed by atoms with Crippen LogP contribution in [0.3, 0.4) is 0 Å². The Morgan fingerprint density at radius 1 is 1.09 bits per heavy atom. The molecule has 0 bridgehead atoms. The summed E-state index contributed by atoms with van der Waals surface area (Å²) in [5.41, 5.74) is 2.11. The second-order valence-corrected chi connectivity index (χ2v) is 7.75. The van der Waals surface area contributed by atoms with E-state index in [-0.39, 0.29) is 28.0 Å². The summed E-state index contributed by atoms with van der Waals surface area (Å²) >= 11 is 5.90. The first kappa shape index (κ1) is 17.5. The number of hydrogen-bond donors (Lipinski definition) is 1. The number of nitrogens with one attached hydrogen (secondary N) is 1. The Labute approximate surface area is 141 Å². The largest absolute Gasteiger partial charge is 0.352 e. The molecule has 23 heavy (non-hydrogen) atoms. The maximum atomic E-state index is 12.2. The number of sulfone groups is 1. The molecule has 1 amide bonds. The highest BCUT2D eigenvalue weighted by atomic mass is 35.5. The molecular weight excluding hydrogens is 334 g/mol. The first-order chi connectivity index (χ1) is 10.9. The Bertz CT molecular complexity index is 786. The van der Waals surface area contributed by atoms with Gasteiger partial charge in [0.05, 0.1) is 15.7 Å². The molecule has 0 fully saturated rings. The minimum Gasteiger partial charge on any atom is -0.352 e. The summed E-state index contributed by atoms with van der Waals surface area (Å²) < 4.78 is 24.4. The van der Waals surface area contributed by atoms with Crippen molar-refractivity contribution in [1.82, 2.24) is 5.32 Å². The van der Waals surface area contributed by atoms with Crippen LogP contribution >= 0.6 is 11.6 Å². The van der Waals surface area contributed by atoms with Crippen LogP contribution < -0.4 is 5.32 Å². The summed E-state index contributed by atoms with van der Waals surface area (Å²) in [5.74, 6) is -0.572. The zero-order chi connectivity index (χ0) is 16.9. The molecule has 6 heteroatoms. The molecule has 0 heterocycles. The molecule has 0 unspecified atom stereocenters. The molecule has 2 rings (SSSR count). The van der Waals surface area contributed by atoms with E-state index in [1.54, 1.807) is 12.1 Å². The SMILES string of the molecule is Cc1ccc(CNC(=O)CCS(=O)(=O)c2ccccc2Cl)cc1. The number of carbonyl (C=O) groups is 1. The molecule has 0 aromatic heterocycles. The van der Waals surface area contributed by atoms with Crippen LogP contribution in [0.1, 0.15) is 17.5 Å². The predicted octanol–water partition coefficient (Wildman–Crippen LogP) is 3.13. The molecule has 0 spiro atoms. The lowest BCUT2D eigenvalue weighted by Gasteiger charge is -2.08. The molecular formula is C17H18ClNO3S. The minimum absolute atomic E-state index is 0.0630. The van der Waals surface area contributed by atoms with Gasteiger partial charge in [0.2, 0.25) is 5.91 Å². The Kier molecular flexibility index (Phi) is 5.80. The van der Waals surface area contributed by atoms with Gasteiger partial charge in [0.25, 0.3) is 0 Å². The third-order valence-corrected chi connectivity index (χ3v) is 5.59. The standard InChI is InChI=1S/C17H18ClNO3S/c1-13-6-8-14(9-7-13)12-19-17(20)10-11-23(21,22)16-5-3-2-4-15(16)18/h2-9H,10-12H2,1H3,(H,19,20). The summed E-state index contributed by atoms with van der Waals surface area (Å²) in [5, 5.41) is 2.89. The second-order valence-electron chi connectivity index (χ2n) is 5.26. The van der Waals surface area contributed by atoms with Crippen molar-refractivity contribution in [3.8, 4) is 0 Å². The van der Waals surface area contributed by atoms with Crippen molar-refractivity contribution < 1.29 is 13.2 Å². The molecule has 0 saturated heterocycles. The maximum absolute atomic E-state index is 12.2. The van der Waals surface area contributed by atoms with E-state index in [2.05, 4.69) is 5.32 Å². The normalized spacial score (nSPS) is 11.2. The summed E-state index contributed by atoms with van der Waals surface area (Å²) in [7, 11) is -3.57. The lowest BCUT2D eigenvalue weighted by molar-refractivity contribution is -0.120. The van der Waals surface area contributed by atoms with Crippen molar-refractivity contribution in [3.63, 3.8) is 0 Å². The number of benzene rings is 2. The third-order valence-electron chi connectivity index (χ3n) is 3.38. The summed E-state index contributed by atoms with van der Waals surface area (Å²) in [6, 6.07) is 14.0. The van der Waals surface area contributed by atoms with E-state index < -0.39 is 9.84 Å². The number of rotatable bonds is 6. The highest BCUT2D eigenvalue weighted by molar-refractivity contribution is 7.91. The molecule has 122 valence electrons. The molecule has 4 nitrogen and oxygen atoms in total. The van der Waals surface area contributed by atoms with Crippen molar-refractivity contribution in [2.24, 2.45) is 0 Å². The molecule has 0 aliphatic carbocycles. The van der Waals surface area contributed by atoms with Gasteiger partial charge >= 0.3 is 0 Å². The van der Waals surface area contributed by atoms with E-state index in [1.807, 2.05) is 31.2 Å². The van der Waals surface area contributed by atoms with Gasteiger partial charge in [0, 0.05) is 13.0 Å². The Hall–Kier alpha value is -1.85. The number of amides is 1. The average molecular weight is 352 g/mol. The fourth-order valence-corrected chi connectivity index (χ4v) is 3.84. The van der Waals surface area contributed by atoms with Gasteiger partial charge in [-0.15, -0.1) is 0 Å². The monoisotopic (exact) mass is 351 g/mol. The lowest BCUT2D eigenvalue weighted by atomic mass is 10.1. The molecule has 0 saturated carbocycles. The number of hydrogen-bond acceptors (Lipinski definition) is 3. The smallest absolute Gasteiger partial charge is 0.221 e. The van der Waals surface area contributed by atoms with Crippen molar-refractivity contribution >= 4 is 27.3 Å². The predicted molar refractivity (Wildman–Crippen MR) is 91.1 cm³/mol. The van der Waals surface area contributed by atoms with Gasteiger partial charge in [0.1, 0.15) is 0 Å². The summed E-state index contributed by atoms with van der Waals surface area (Å²) in [6.07, 6.45) is -0.0978. The highest BCUT2D eigenvalue weighted by Gasteiger charge is 2.19. The first-order valence-corrected chi connectivity index (χ1v) is 9.21. The van der Waals surface area contributed by atoms with Crippen LogP contribution in [0.15, 0.2) is 53.4 Å². The van der Waals surface area contributed by atoms with E-state index in [9.17, 15) is 13.2 Å². The summed E-state index contributed by atoms with van der Waals surface area (Å²) in [4.78, 5) is 11.9. The highest BCUT2D eigenvalue weighted by Crippen LogP contribution is 2.22. The zero-order valence-electron chi connectivity index (χ0n) is 12.8. The molecule has 0 aliphatic rings. The molecule has 0 radical (unpaired) electrons. The van der Waals surface area contributed by atoms with Crippen LogP contribution in [-0.2, 0) is 21.2 Å². The topological polar surface area (TPSA) is 63.2 Å². The maximum Gasteiger partial charge on any atom is 0.221 e. The van der Waals surface area contributed by atoms with Gasteiger partial charge in [-0.2, -0.15) is 0 Å². The molecule has 2 aromatic carbocycles. The van der Waals surface area contributed by atoms with E-state index in [0.717, 1.165) is 11.1 Å². The molecule has 0 aliphatic heterocycles. The van der Waals surface area contributed by atoms with Crippen LogP contribution in [-0.4, -0.2) is 20.1 Å². The van der Waals surface area contributed by atoms with Crippen LogP contribution in [0.2, 0.25) is 5.02 Å². The fourth-order valence-electron chi connectivity index (χ4n) is 2.03. The average Bonchev–Trinajstić information content (AvgIpc) is 2.53. The number of halogens is 1. The zero-order valence-corrected chi connectivity index (χ0v) is 14.3. The quantitative estimate of drug-likeness (QED) is 0.869. The van der Waals surface area contributed by atoms with Crippen LogP contribution in [0, 0.1) is 6.92 Å². The fraction of sp³-hybridized carbons (Fsp3) is 0.235. The second kappa shape index (κ2) is 7.62. The van der Waals surface area contributed by atoms with E-state index in [0.29, 0.717) is 6.54 Å². The Morgan fingerprint density at radius 2 is 1.74 bits per heavy atom. The van der Waals surface area contributed by atoms with Gasteiger partial charge in [0.15, 0.2) is 9.84 Å². The van der Waals surface area contributed by atoms with Crippen molar-refractivity contribution in [3.05, 3.63) is 64.7 Å². The van der Waals surface area contributed by atoms with Crippen LogP contribution in [0.25, 0.3) is 0 Å². The van der Waals surface area contributed by atoms with Gasteiger partial charge < -0.3 is 5.32 Å². The van der Waals surface area contributed by atoms with E-state index in [4.69, 9.17) is 11.6 Å².